The van der Waals surface area contributed by atoms with Crippen LogP contribution in [0, 0.1) is 0 Å². The van der Waals surface area contributed by atoms with E-state index in [0.717, 1.165) is 0 Å². The van der Waals surface area contributed by atoms with Crippen molar-refractivity contribution in [3.05, 3.63) is 24.7 Å². The predicted molar refractivity (Wildman–Crippen MR) is 92.1 cm³/mol. The molecular formula is C15H22N6O3S. The van der Waals surface area contributed by atoms with Gasteiger partial charge in [0.05, 0.1) is 13.3 Å². The highest BCUT2D eigenvalue weighted by Gasteiger charge is 2.28. The number of rotatable bonds is 5. The Kier molecular flexibility index (Phi) is 5.19. The molecule has 2 aromatic heterocycles. The number of anilines is 1. The van der Waals surface area contributed by atoms with Gasteiger partial charge in [0.15, 0.2) is 0 Å². The van der Waals surface area contributed by atoms with Crippen LogP contribution in [0.1, 0.15) is 13.3 Å². The molecular weight excluding hydrogens is 344 g/mol. The lowest BCUT2D eigenvalue weighted by atomic mass is 10.4. The maximum absolute atomic E-state index is 12.8. The molecule has 1 fully saturated rings. The van der Waals surface area contributed by atoms with E-state index in [1.54, 1.807) is 30.3 Å². The third kappa shape index (κ3) is 3.74. The van der Waals surface area contributed by atoms with Gasteiger partial charge in [-0.1, -0.05) is 0 Å². The van der Waals surface area contributed by atoms with Crippen molar-refractivity contribution in [1.29, 1.82) is 0 Å². The monoisotopic (exact) mass is 366 g/mol. The van der Waals surface area contributed by atoms with Crippen LogP contribution in [0.15, 0.2) is 29.6 Å². The molecule has 2 aromatic rings. The van der Waals surface area contributed by atoms with Crippen molar-refractivity contribution >= 4 is 16.0 Å². The molecule has 0 N–H and O–H groups in total. The Balaban J connectivity index is 1.74. The lowest BCUT2D eigenvalue weighted by molar-refractivity contribution is 0.396. The zero-order chi connectivity index (χ0) is 17.9. The number of nitrogens with zero attached hydrogens (tertiary/aromatic N) is 6. The quantitative estimate of drug-likeness (QED) is 0.765. The standard InChI is InChI=1S/C15H22N6O3S/c1-3-20-12-13(11-17-20)25(22,23)21-8-4-7-19(9-10-21)15-16-6-5-14(18-15)24-2/h5-6,11-12H,3-4,7-10H2,1-2H3. The molecule has 0 aliphatic carbocycles. The molecule has 3 heterocycles. The molecule has 0 amide bonds. The highest BCUT2D eigenvalue weighted by Crippen LogP contribution is 2.19. The molecule has 1 aliphatic heterocycles. The molecule has 3 rings (SSSR count). The molecule has 9 nitrogen and oxygen atoms in total. The van der Waals surface area contributed by atoms with Gasteiger partial charge in [-0.3, -0.25) is 4.68 Å². The number of hydrogen-bond donors (Lipinski definition) is 0. The lowest BCUT2D eigenvalue weighted by Crippen LogP contribution is -2.35. The topological polar surface area (TPSA) is 93.5 Å². The first-order chi connectivity index (χ1) is 12.0. The Hall–Kier alpha value is -2.20. The molecule has 0 bridgehead atoms. The number of sulfonamides is 1. The molecule has 136 valence electrons. The molecule has 0 aromatic carbocycles. The smallest absolute Gasteiger partial charge is 0.246 e. The van der Waals surface area contributed by atoms with E-state index in [9.17, 15) is 8.42 Å². The van der Waals surface area contributed by atoms with Crippen LogP contribution < -0.4 is 9.64 Å². The summed E-state index contributed by atoms with van der Waals surface area (Å²) in [5.74, 6) is 1.04. The first-order valence-corrected chi connectivity index (χ1v) is 9.63. The Morgan fingerprint density at radius 1 is 1.24 bits per heavy atom. The summed E-state index contributed by atoms with van der Waals surface area (Å²) in [6.07, 6.45) is 5.32. The number of methoxy groups -OCH3 is 1. The van der Waals surface area contributed by atoms with Crippen LogP contribution in [0.5, 0.6) is 5.88 Å². The summed E-state index contributed by atoms with van der Waals surface area (Å²) < 4.78 is 33.9. The summed E-state index contributed by atoms with van der Waals surface area (Å²) in [6, 6.07) is 1.68. The Bertz CT molecular complexity index is 822. The van der Waals surface area contributed by atoms with Gasteiger partial charge in [0, 0.05) is 51.2 Å². The minimum Gasteiger partial charge on any atom is -0.481 e. The fourth-order valence-corrected chi connectivity index (χ4v) is 4.16. The van der Waals surface area contributed by atoms with E-state index in [2.05, 4.69) is 15.1 Å². The van der Waals surface area contributed by atoms with Gasteiger partial charge in [-0.2, -0.15) is 14.4 Å². The van der Waals surface area contributed by atoms with Crippen molar-refractivity contribution in [3.8, 4) is 5.88 Å². The van der Waals surface area contributed by atoms with Crippen LogP contribution in [0.2, 0.25) is 0 Å². The summed E-state index contributed by atoms with van der Waals surface area (Å²) in [6.45, 7) is 4.60. The summed E-state index contributed by atoms with van der Waals surface area (Å²) in [5, 5.41) is 4.07. The summed E-state index contributed by atoms with van der Waals surface area (Å²) in [7, 11) is -1.98. The molecule has 1 saturated heterocycles. The maximum atomic E-state index is 12.8. The second kappa shape index (κ2) is 7.36. The van der Waals surface area contributed by atoms with Crippen molar-refractivity contribution < 1.29 is 13.2 Å². The van der Waals surface area contributed by atoms with Gasteiger partial charge >= 0.3 is 0 Å². The highest BCUT2D eigenvalue weighted by atomic mass is 32.2. The van der Waals surface area contributed by atoms with Crippen LogP contribution in [0.25, 0.3) is 0 Å². The molecule has 25 heavy (non-hydrogen) atoms. The summed E-state index contributed by atoms with van der Waals surface area (Å²) in [4.78, 5) is 10.8. The largest absolute Gasteiger partial charge is 0.481 e. The van der Waals surface area contributed by atoms with Gasteiger partial charge in [0.2, 0.25) is 21.9 Å². The summed E-state index contributed by atoms with van der Waals surface area (Å²) >= 11 is 0. The SMILES string of the molecule is CCn1cc(S(=O)(=O)N2CCCN(c3nccc(OC)n3)CC2)cn1. The molecule has 0 radical (unpaired) electrons. The zero-order valence-electron chi connectivity index (χ0n) is 14.4. The normalized spacial score (nSPS) is 16.6. The Morgan fingerprint density at radius 2 is 2.08 bits per heavy atom. The third-order valence-electron chi connectivity index (χ3n) is 4.14. The number of ether oxygens (including phenoxy) is 1. The van der Waals surface area contributed by atoms with Crippen LogP contribution in [0.3, 0.4) is 0 Å². The van der Waals surface area contributed by atoms with Gasteiger partial charge in [0.25, 0.3) is 0 Å². The van der Waals surface area contributed by atoms with Gasteiger partial charge in [0.1, 0.15) is 4.90 Å². The maximum Gasteiger partial charge on any atom is 0.246 e. The molecule has 0 saturated carbocycles. The minimum atomic E-state index is -3.54. The fraction of sp³-hybridized carbons (Fsp3) is 0.533. The molecule has 0 atom stereocenters. The van der Waals surface area contributed by atoms with Crippen LogP contribution in [-0.4, -0.2) is 65.8 Å². The van der Waals surface area contributed by atoms with Gasteiger partial charge in [-0.25, -0.2) is 13.4 Å². The van der Waals surface area contributed by atoms with Crippen molar-refractivity contribution in [1.82, 2.24) is 24.1 Å². The van der Waals surface area contributed by atoms with E-state index < -0.39 is 10.0 Å². The summed E-state index contributed by atoms with van der Waals surface area (Å²) in [5.41, 5.74) is 0. The Morgan fingerprint density at radius 3 is 2.80 bits per heavy atom. The van der Waals surface area contributed by atoms with E-state index in [1.165, 1.54) is 10.5 Å². The van der Waals surface area contributed by atoms with Crippen LogP contribution >= 0.6 is 0 Å². The highest BCUT2D eigenvalue weighted by molar-refractivity contribution is 7.89. The van der Waals surface area contributed by atoms with Gasteiger partial charge < -0.3 is 9.64 Å². The molecule has 10 heteroatoms. The first kappa shape index (κ1) is 17.6. The zero-order valence-corrected chi connectivity index (χ0v) is 15.2. The van der Waals surface area contributed by atoms with Gasteiger partial charge in [-0.05, 0) is 13.3 Å². The number of hydrogen-bond acceptors (Lipinski definition) is 7. The average molecular weight is 366 g/mol. The molecule has 1 aliphatic rings. The average Bonchev–Trinajstić information content (AvgIpc) is 2.99. The van der Waals surface area contributed by atoms with E-state index in [0.29, 0.717) is 51.0 Å². The van der Waals surface area contributed by atoms with E-state index in [4.69, 9.17) is 4.74 Å². The fourth-order valence-electron chi connectivity index (χ4n) is 2.73. The second-order valence-electron chi connectivity index (χ2n) is 5.68. The van der Waals surface area contributed by atoms with Crippen LogP contribution in [-0.2, 0) is 16.6 Å². The first-order valence-electron chi connectivity index (χ1n) is 8.19. The number of aromatic nitrogens is 4. The van der Waals surface area contributed by atoms with Crippen molar-refractivity contribution in [2.45, 2.75) is 24.8 Å². The number of aryl methyl sites for hydroxylation is 1. The molecule has 0 spiro atoms. The molecule has 0 unspecified atom stereocenters. The van der Waals surface area contributed by atoms with Crippen molar-refractivity contribution in [2.75, 3.05) is 38.2 Å². The van der Waals surface area contributed by atoms with Gasteiger partial charge in [-0.15, -0.1) is 0 Å². The Labute approximate surface area is 147 Å². The lowest BCUT2D eigenvalue weighted by Gasteiger charge is -2.21. The third-order valence-corrected chi connectivity index (χ3v) is 5.99. The predicted octanol–water partition coefficient (Wildman–Crippen LogP) is 0.603. The van der Waals surface area contributed by atoms with Crippen molar-refractivity contribution in [2.24, 2.45) is 0 Å². The van der Waals surface area contributed by atoms with E-state index in [1.807, 2.05) is 11.8 Å². The minimum absolute atomic E-state index is 0.237. The van der Waals surface area contributed by atoms with E-state index in [-0.39, 0.29) is 4.90 Å². The van der Waals surface area contributed by atoms with Crippen LogP contribution in [0.4, 0.5) is 5.95 Å². The van der Waals surface area contributed by atoms with E-state index >= 15 is 0 Å². The van der Waals surface area contributed by atoms with Crippen molar-refractivity contribution in [3.63, 3.8) is 0 Å². The second-order valence-corrected chi connectivity index (χ2v) is 7.61.